The highest BCUT2D eigenvalue weighted by Gasteiger charge is 2.29. The third-order valence-corrected chi connectivity index (χ3v) is 3.22. The monoisotopic (exact) mass is 237 g/mol. The van der Waals surface area contributed by atoms with E-state index in [1.165, 1.54) is 0 Å². The van der Waals surface area contributed by atoms with Gasteiger partial charge in [-0.25, -0.2) is 4.98 Å². The molecule has 0 spiro atoms. The predicted octanol–water partition coefficient (Wildman–Crippen LogP) is 0.709. The van der Waals surface area contributed by atoms with Gasteiger partial charge in [0, 0.05) is 13.0 Å². The molecule has 2 N–H and O–H groups in total. The lowest BCUT2D eigenvalue weighted by atomic mass is 9.97. The Bertz CT molecular complexity index is 389. The van der Waals surface area contributed by atoms with Crippen molar-refractivity contribution in [1.29, 1.82) is 0 Å². The Morgan fingerprint density at radius 3 is 3.06 bits per heavy atom. The van der Waals surface area contributed by atoms with E-state index in [1.54, 1.807) is 6.20 Å². The molecule has 1 fully saturated rings. The summed E-state index contributed by atoms with van der Waals surface area (Å²) in [6, 6.07) is 0. The molecule has 94 valence electrons. The average molecular weight is 237 g/mol. The first kappa shape index (κ1) is 12.1. The minimum absolute atomic E-state index is 0.0654. The first-order valence-corrected chi connectivity index (χ1v) is 6.12. The summed E-state index contributed by atoms with van der Waals surface area (Å²) in [5.41, 5.74) is 0. The molecule has 0 saturated carbocycles. The molecule has 0 aromatic carbocycles. The topological polar surface area (TPSA) is 67.2 Å². The molecule has 2 atom stereocenters. The van der Waals surface area contributed by atoms with Gasteiger partial charge in [-0.05, 0) is 12.5 Å². The van der Waals surface area contributed by atoms with Crippen molar-refractivity contribution < 1.29 is 9.21 Å². The smallest absolute Gasteiger partial charge is 0.225 e. The van der Waals surface area contributed by atoms with Gasteiger partial charge in [-0.15, -0.1) is 0 Å². The van der Waals surface area contributed by atoms with Gasteiger partial charge >= 0.3 is 0 Å². The van der Waals surface area contributed by atoms with Crippen LogP contribution >= 0.6 is 0 Å². The van der Waals surface area contributed by atoms with Crippen molar-refractivity contribution in [3.63, 3.8) is 0 Å². The number of rotatable bonds is 4. The van der Waals surface area contributed by atoms with Gasteiger partial charge in [0.25, 0.3) is 0 Å². The molecule has 1 amide bonds. The van der Waals surface area contributed by atoms with E-state index in [0.717, 1.165) is 25.3 Å². The molecule has 0 bridgehead atoms. The fraction of sp³-hybridized carbons (Fsp3) is 0.667. The van der Waals surface area contributed by atoms with Crippen LogP contribution in [0.4, 0.5) is 0 Å². The lowest BCUT2D eigenvalue weighted by Crippen LogP contribution is -2.33. The number of hydrogen-bond acceptors (Lipinski definition) is 4. The normalized spacial score (nSPS) is 23.9. The second-order valence-corrected chi connectivity index (χ2v) is 4.53. The van der Waals surface area contributed by atoms with Gasteiger partial charge in [0.1, 0.15) is 5.76 Å². The summed E-state index contributed by atoms with van der Waals surface area (Å²) < 4.78 is 5.43. The predicted molar refractivity (Wildman–Crippen MR) is 63.3 cm³/mol. The molecule has 17 heavy (non-hydrogen) atoms. The van der Waals surface area contributed by atoms with Crippen molar-refractivity contribution in [2.75, 3.05) is 13.1 Å². The zero-order valence-electron chi connectivity index (χ0n) is 10.3. The summed E-state index contributed by atoms with van der Waals surface area (Å²) in [4.78, 5) is 16.0. The maximum Gasteiger partial charge on any atom is 0.225 e. The van der Waals surface area contributed by atoms with Crippen LogP contribution in [-0.2, 0) is 17.8 Å². The van der Waals surface area contributed by atoms with E-state index < -0.39 is 0 Å². The summed E-state index contributed by atoms with van der Waals surface area (Å²) in [5, 5.41) is 6.09. The molecular formula is C12H19N3O2. The van der Waals surface area contributed by atoms with Gasteiger partial charge in [0.2, 0.25) is 11.8 Å². The van der Waals surface area contributed by atoms with Gasteiger partial charge in [-0.2, -0.15) is 0 Å². The molecule has 5 heteroatoms. The van der Waals surface area contributed by atoms with Crippen molar-refractivity contribution in [2.24, 2.45) is 11.8 Å². The maximum absolute atomic E-state index is 11.9. The number of aryl methyl sites for hydroxylation is 1. The number of aromatic nitrogens is 1. The van der Waals surface area contributed by atoms with Gasteiger partial charge in [0.05, 0.1) is 18.7 Å². The number of nitrogens with zero attached hydrogens (tertiary/aromatic N) is 1. The fourth-order valence-corrected chi connectivity index (χ4v) is 2.05. The molecule has 2 unspecified atom stereocenters. The highest BCUT2D eigenvalue weighted by atomic mass is 16.4. The molecular weight excluding hydrogens is 218 g/mol. The second-order valence-electron chi connectivity index (χ2n) is 4.53. The Labute approximate surface area is 101 Å². The van der Waals surface area contributed by atoms with E-state index in [0.29, 0.717) is 18.4 Å². The number of carbonyl (C=O) groups excluding carboxylic acids is 1. The molecule has 0 radical (unpaired) electrons. The van der Waals surface area contributed by atoms with Gasteiger partial charge in [-0.1, -0.05) is 13.8 Å². The Balaban J connectivity index is 1.83. The van der Waals surface area contributed by atoms with E-state index in [4.69, 9.17) is 4.42 Å². The quantitative estimate of drug-likeness (QED) is 0.809. The number of oxazole rings is 1. The molecule has 1 aliphatic rings. The van der Waals surface area contributed by atoms with Crippen LogP contribution in [0.3, 0.4) is 0 Å². The van der Waals surface area contributed by atoms with E-state index >= 15 is 0 Å². The van der Waals surface area contributed by atoms with Crippen LogP contribution in [0, 0.1) is 11.8 Å². The Morgan fingerprint density at radius 1 is 1.65 bits per heavy atom. The number of amides is 1. The second kappa shape index (κ2) is 5.31. The molecule has 2 rings (SSSR count). The lowest BCUT2D eigenvalue weighted by Gasteiger charge is -2.12. The highest BCUT2D eigenvalue weighted by Crippen LogP contribution is 2.15. The Morgan fingerprint density at radius 2 is 2.47 bits per heavy atom. The molecule has 1 aliphatic heterocycles. The molecule has 1 saturated heterocycles. The minimum Gasteiger partial charge on any atom is -0.444 e. The van der Waals surface area contributed by atoms with Crippen LogP contribution in [-0.4, -0.2) is 24.0 Å². The third kappa shape index (κ3) is 2.85. The molecule has 0 aliphatic carbocycles. The van der Waals surface area contributed by atoms with Crippen LogP contribution in [0.1, 0.15) is 25.5 Å². The molecule has 2 heterocycles. The Kier molecular flexibility index (Phi) is 3.78. The standard InChI is InChI=1S/C12H19N3O2/c1-3-9-5-14-11(17-9)7-15-12(16)10-6-13-4-8(10)2/h5,8,10,13H,3-4,6-7H2,1-2H3,(H,15,16). The Hall–Kier alpha value is -1.36. The van der Waals surface area contributed by atoms with E-state index in [2.05, 4.69) is 22.5 Å². The van der Waals surface area contributed by atoms with E-state index in [1.807, 2.05) is 6.92 Å². The van der Waals surface area contributed by atoms with Crippen LogP contribution < -0.4 is 10.6 Å². The highest BCUT2D eigenvalue weighted by molar-refractivity contribution is 5.79. The van der Waals surface area contributed by atoms with Crippen molar-refractivity contribution in [3.8, 4) is 0 Å². The van der Waals surface area contributed by atoms with Gasteiger partial charge in [-0.3, -0.25) is 4.79 Å². The van der Waals surface area contributed by atoms with Crippen molar-refractivity contribution >= 4 is 5.91 Å². The SMILES string of the molecule is CCc1cnc(CNC(=O)C2CNCC2C)o1. The fourth-order valence-electron chi connectivity index (χ4n) is 2.05. The molecule has 5 nitrogen and oxygen atoms in total. The maximum atomic E-state index is 11.9. The summed E-state index contributed by atoms with van der Waals surface area (Å²) in [6.07, 6.45) is 2.53. The van der Waals surface area contributed by atoms with E-state index in [9.17, 15) is 4.79 Å². The lowest BCUT2D eigenvalue weighted by molar-refractivity contribution is -0.125. The van der Waals surface area contributed by atoms with Gasteiger partial charge < -0.3 is 15.1 Å². The molecule has 1 aromatic rings. The zero-order chi connectivity index (χ0) is 12.3. The van der Waals surface area contributed by atoms with Crippen molar-refractivity contribution in [3.05, 3.63) is 17.8 Å². The van der Waals surface area contributed by atoms with E-state index in [-0.39, 0.29) is 11.8 Å². The van der Waals surface area contributed by atoms with Crippen LogP contribution in [0.25, 0.3) is 0 Å². The zero-order valence-corrected chi connectivity index (χ0v) is 10.3. The summed E-state index contributed by atoms with van der Waals surface area (Å²) in [6.45, 7) is 6.15. The minimum atomic E-state index is 0.0654. The molecule has 1 aromatic heterocycles. The van der Waals surface area contributed by atoms with Crippen LogP contribution in [0.15, 0.2) is 10.6 Å². The summed E-state index contributed by atoms with van der Waals surface area (Å²) in [5.74, 6) is 1.97. The first-order valence-electron chi connectivity index (χ1n) is 6.12. The average Bonchev–Trinajstić information content (AvgIpc) is 2.94. The van der Waals surface area contributed by atoms with Crippen molar-refractivity contribution in [1.82, 2.24) is 15.6 Å². The number of nitrogens with one attached hydrogen (secondary N) is 2. The van der Waals surface area contributed by atoms with Crippen LogP contribution in [0.5, 0.6) is 0 Å². The summed E-state index contributed by atoms with van der Waals surface area (Å²) in [7, 11) is 0. The number of carbonyl (C=O) groups is 1. The largest absolute Gasteiger partial charge is 0.444 e. The van der Waals surface area contributed by atoms with Gasteiger partial charge in [0.15, 0.2) is 0 Å². The first-order chi connectivity index (χ1) is 8.20. The van der Waals surface area contributed by atoms with Crippen LogP contribution in [0.2, 0.25) is 0 Å². The third-order valence-electron chi connectivity index (χ3n) is 3.22. The summed E-state index contributed by atoms with van der Waals surface area (Å²) >= 11 is 0. The van der Waals surface area contributed by atoms with Crippen molar-refractivity contribution in [2.45, 2.75) is 26.8 Å². The number of hydrogen-bond donors (Lipinski definition) is 2.